The zero-order valence-corrected chi connectivity index (χ0v) is 22.8. The highest BCUT2D eigenvalue weighted by atomic mass is 16.6. The van der Waals surface area contributed by atoms with Gasteiger partial charge in [-0.1, -0.05) is 0 Å². The van der Waals surface area contributed by atoms with Gasteiger partial charge in [0.05, 0.1) is 19.4 Å². The molecular weight excluding hydrogens is 532 g/mol. The maximum Gasteiger partial charge on any atom is 0.328 e. The summed E-state index contributed by atoms with van der Waals surface area (Å²) in [7, 11) is 3.11. The lowest BCUT2D eigenvalue weighted by Crippen LogP contribution is -2.40. The number of aromatic nitrogens is 2. The Kier molecular flexibility index (Phi) is 8.56. The molecule has 13 nitrogen and oxygen atoms in total. The molecule has 0 unspecified atom stereocenters. The van der Waals surface area contributed by atoms with Crippen LogP contribution in [0.1, 0.15) is 40.0 Å². The van der Waals surface area contributed by atoms with Crippen molar-refractivity contribution in [1.82, 2.24) is 14.9 Å². The minimum absolute atomic E-state index is 0.186. The molecule has 13 heteroatoms. The van der Waals surface area contributed by atoms with E-state index in [1.165, 1.54) is 17.2 Å². The van der Waals surface area contributed by atoms with Crippen LogP contribution in [0.3, 0.4) is 0 Å². The summed E-state index contributed by atoms with van der Waals surface area (Å²) in [5.41, 5.74) is 2.29. The van der Waals surface area contributed by atoms with Crippen LogP contribution < -0.4 is 15.0 Å². The Bertz CT molecular complexity index is 1420. The van der Waals surface area contributed by atoms with Gasteiger partial charge in [-0.25, -0.2) is 19.6 Å². The third kappa shape index (κ3) is 5.77. The first-order valence-electron chi connectivity index (χ1n) is 13.3. The SMILES string of the molecule is CO[C@H]1CCN(Cc2cc3c(nc2C=O)N(C(=O)Nc2cc(O[C@H]4COC[C@@H]4OC)c(C#N)cn2)CCC3)C1=C=O. The maximum absolute atomic E-state index is 13.4. The number of nitrogens with one attached hydrogen (secondary N) is 1. The Hall–Kier alpha value is -4.34. The highest BCUT2D eigenvalue weighted by Gasteiger charge is 2.33. The monoisotopic (exact) mass is 562 g/mol. The molecule has 5 heterocycles. The number of pyridine rings is 2. The Balaban J connectivity index is 1.35. The van der Waals surface area contributed by atoms with Crippen LogP contribution in [0.2, 0.25) is 0 Å². The van der Waals surface area contributed by atoms with Crippen LogP contribution in [0.5, 0.6) is 5.75 Å². The third-order valence-electron chi connectivity index (χ3n) is 7.47. The zero-order chi connectivity index (χ0) is 28.9. The second-order valence-electron chi connectivity index (χ2n) is 9.89. The molecule has 2 aromatic rings. The van der Waals surface area contributed by atoms with Gasteiger partial charge in [-0.2, -0.15) is 5.26 Å². The lowest BCUT2D eigenvalue weighted by atomic mass is 10.0. The lowest BCUT2D eigenvalue weighted by molar-refractivity contribution is 0.0325. The average Bonchev–Trinajstić information content (AvgIpc) is 3.62. The summed E-state index contributed by atoms with van der Waals surface area (Å²) in [6.45, 7) is 1.97. The molecule has 0 bridgehead atoms. The Morgan fingerprint density at radius 1 is 1.24 bits per heavy atom. The van der Waals surface area contributed by atoms with Crippen LogP contribution in [0.15, 0.2) is 24.0 Å². The Morgan fingerprint density at radius 3 is 2.80 bits per heavy atom. The number of methoxy groups -OCH3 is 2. The number of hydrogen-bond donors (Lipinski definition) is 1. The molecule has 2 aromatic heterocycles. The molecule has 1 N–H and O–H groups in total. The number of carbonyl (C=O) groups excluding carboxylic acids is 3. The average molecular weight is 563 g/mol. The molecule has 2 saturated heterocycles. The van der Waals surface area contributed by atoms with E-state index in [1.807, 2.05) is 23.0 Å². The van der Waals surface area contributed by atoms with Crippen molar-refractivity contribution in [3.05, 3.63) is 46.4 Å². The first-order valence-corrected chi connectivity index (χ1v) is 13.3. The molecule has 3 aliphatic rings. The predicted octanol–water partition coefficient (Wildman–Crippen LogP) is 1.87. The van der Waals surface area contributed by atoms with Gasteiger partial charge in [0.2, 0.25) is 0 Å². The van der Waals surface area contributed by atoms with Crippen LogP contribution in [0, 0.1) is 11.3 Å². The van der Waals surface area contributed by atoms with Crippen molar-refractivity contribution in [3.8, 4) is 11.8 Å². The summed E-state index contributed by atoms with van der Waals surface area (Å²) in [5, 5.41) is 12.3. The number of anilines is 2. The smallest absolute Gasteiger partial charge is 0.328 e. The largest absolute Gasteiger partial charge is 0.484 e. The Morgan fingerprint density at radius 2 is 2.07 bits per heavy atom. The molecule has 41 heavy (non-hydrogen) atoms. The van der Waals surface area contributed by atoms with Crippen LogP contribution >= 0.6 is 0 Å². The van der Waals surface area contributed by atoms with E-state index in [0.29, 0.717) is 75.5 Å². The van der Waals surface area contributed by atoms with Crippen molar-refractivity contribution in [2.75, 3.05) is 50.7 Å². The minimum atomic E-state index is -0.487. The van der Waals surface area contributed by atoms with Crippen molar-refractivity contribution < 1.29 is 33.3 Å². The molecule has 0 radical (unpaired) electrons. The highest BCUT2D eigenvalue weighted by molar-refractivity contribution is 6.01. The van der Waals surface area contributed by atoms with Gasteiger partial charge < -0.3 is 23.8 Å². The summed E-state index contributed by atoms with van der Waals surface area (Å²) < 4.78 is 22.1. The molecule has 2 fully saturated rings. The zero-order valence-electron chi connectivity index (χ0n) is 22.8. The number of urea groups is 1. The number of amides is 2. The van der Waals surface area contributed by atoms with Gasteiger partial charge in [-0.15, -0.1) is 0 Å². The number of aldehydes is 1. The number of hydrogen-bond acceptors (Lipinski definition) is 11. The summed E-state index contributed by atoms with van der Waals surface area (Å²) >= 11 is 0. The van der Waals surface area contributed by atoms with Crippen molar-refractivity contribution >= 4 is 29.9 Å². The third-order valence-corrected chi connectivity index (χ3v) is 7.47. The molecule has 0 saturated carbocycles. The molecule has 2 amide bonds. The summed E-state index contributed by atoms with van der Waals surface area (Å²) in [6.07, 6.45) is 2.97. The molecule has 5 rings (SSSR count). The van der Waals surface area contributed by atoms with Crippen LogP contribution in [-0.4, -0.2) is 92.0 Å². The van der Waals surface area contributed by atoms with Gasteiger partial charge in [0.1, 0.15) is 58.6 Å². The number of likely N-dealkylation sites (tertiary alicyclic amines) is 1. The first-order chi connectivity index (χ1) is 20.0. The number of nitrogens with zero attached hydrogens (tertiary/aromatic N) is 5. The fourth-order valence-corrected chi connectivity index (χ4v) is 5.32. The quantitative estimate of drug-likeness (QED) is 0.370. The number of nitriles is 1. The van der Waals surface area contributed by atoms with E-state index >= 15 is 0 Å². The molecule has 0 spiro atoms. The van der Waals surface area contributed by atoms with Crippen molar-refractivity contribution in [3.63, 3.8) is 0 Å². The second kappa shape index (κ2) is 12.4. The standard InChI is InChI=1S/C28H30N6O7/c1-38-22-5-7-33(21(22)14-36)12-18-8-17-4-3-6-34(27(17)31-20(18)13-35)28(37)32-26-9-23(19(10-29)11-30-26)41-25-16-40-15-24(25)39-2/h8-9,11,13,22,24-25H,3-7,12,15-16H2,1-2H3,(H,30,32,37)/t22-,24-,25-/m0/s1. The molecule has 214 valence electrons. The van der Waals surface area contributed by atoms with E-state index < -0.39 is 12.1 Å². The predicted molar refractivity (Wildman–Crippen MR) is 144 cm³/mol. The molecule has 3 atom stereocenters. The molecule has 3 aliphatic heterocycles. The highest BCUT2D eigenvalue weighted by Crippen LogP contribution is 2.31. The normalized spacial score (nSPS) is 21.7. The van der Waals surface area contributed by atoms with E-state index in [-0.39, 0.29) is 35.0 Å². The number of rotatable bonds is 8. The van der Waals surface area contributed by atoms with E-state index in [1.54, 1.807) is 14.2 Å². The van der Waals surface area contributed by atoms with Gasteiger partial charge in [-0.05, 0) is 30.9 Å². The van der Waals surface area contributed by atoms with Crippen LogP contribution in [0.25, 0.3) is 0 Å². The molecule has 0 aliphatic carbocycles. The van der Waals surface area contributed by atoms with Crippen molar-refractivity contribution in [2.24, 2.45) is 0 Å². The fourth-order valence-electron chi connectivity index (χ4n) is 5.32. The number of carbonyl (C=O) groups is 2. The van der Waals surface area contributed by atoms with Crippen molar-refractivity contribution in [1.29, 1.82) is 5.26 Å². The minimum Gasteiger partial charge on any atom is -0.484 e. The van der Waals surface area contributed by atoms with Gasteiger partial charge in [0.15, 0.2) is 12.4 Å². The van der Waals surface area contributed by atoms with Crippen molar-refractivity contribution in [2.45, 2.75) is 44.1 Å². The van der Waals surface area contributed by atoms with Gasteiger partial charge in [-0.3, -0.25) is 15.0 Å². The first kappa shape index (κ1) is 28.2. The summed E-state index contributed by atoms with van der Waals surface area (Å²) in [5.74, 6) is 2.79. The van der Waals surface area contributed by atoms with Gasteiger partial charge >= 0.3 is 6.03 Å². The fraction of sp³-hybridized carbons (Fsp3) is 0.464. The number of aryl methyl sites for hydroxylation is 1. The lowest BCUT2D eigenvalue weighted by Gasteiger charge is -2.29. The van der Waals surface area contributed by atoms with Crippen LogP contribution in [0.4, 0.5) is 16.4 Å². The summed E-state index contributed by atoms with van der Waals surface area (Å²) in [6, 6.07) is 4.92. The molecular formula is C28H30N6O7. The molecule has 0 aromatic carbocycles. The van der Waals surface area contributed by atoms with E-state index in [9.17, 15) is 19.6 Å². The topological polar surface area (TPSA) is 156 Å². The van der Waals surface area contributed by atoms with Gasteiger partial charge in [0, 0.05) is 45.5 Å². The summed E-state index contributed by atoms with van der Waals surface area (Å²) in [4.78, 5) is 49.0. The van der Waals surface area contributed by atoms with E-state index in [4.69, 9.17) is 18.9 Å². The van der Waals surface area contributed by atoms with E-state index in [2.05, 4.69) is 15.3 Å². The number of ether oxygens (including phenoxy) is 4. The van der Waals surface area contributed by atoms with Crippen LogP contribution in [-0.2, 0) is 32.0 Å². The van der Waals surface area contributed by atoms with Gasteiger partial charge in [0.25, 0.3) is 0 Å². The van der Waals surface area contributed by atoms with E-state index in [0.717, 1.165) is 5.56 Å². The second-order valence-corrected chi connectivity index (χ2v) is 9.89. The number of fused-ring (bicyclic) bond motifs is 1. The Labute approximate surface area is 236 Å². The maximum atomic E-state index is 13.4.